The van der Waals surface area contributed by atoms with E-state index in [1.807, 2.05) is 26.8 Å². The molecule has 1 aromatic carbocycles. The average Bonchev–Trinajstić information content (AvgIpc) is 3.16. The maximum absolute atomic E-state index is 14.3. The van der Waals surface area contributed by atoms with Crippen LogP contribution in [-0.4, -0.2) is 19.1 Å². The fourth-order valence-corrected chi connectivity index (χ4v) is 4.42. The molecule has 0 bridgehead atoms. The number of anilines is 2. The third-order valence-electron chi connectivity index (χ3n) is 4.59. The van der Waals surface area contributed by atoms with Gasteiger partial charge in [0.15, 0.2) is 11.6 Å². The Hall–Kier alpha value is -2.15. The Balaban J connectivity index is 1.68. The molecule has 26 heavy (non-hydrogen) atoms. The third kappa shape index (κ3) is 3.98. The Morgan fingerprint density at radius 3 is 2.31 bits per heavy atom. The summed E-state index contributed by atoms with van der Waals surface area (Å²) in [6, 6.07) is 3.68. The first-order valence-corrected chi connectivity index (χ1v) is 9.55. The van der Waals surface area contributed by atoms with E-state index < -0.39 is 17.7 Å². The molecule has 1 aliphatic rings. The second-order valence-electron chi connectivity index (χ2n) is 6.67. The van der Waals surface area contributed by atoms with Gasteiger partial charge in [-0.2, -0.15) is 0 Å². The molecule has 0 spiro atoms. The number of rotatable bonds is 4. The first kappa shape index (κ1) is 18.6. The van der Waals surface area contributed by atoms with Gasteiger partial charge in [-0.3, -0.25) is 0 Å². The number of hydrogen-bond acceptors (Lipinski definition) is 3. The van der Waals surface area contributed by atoms with Crippen LogP contribution in [-0.2, 0) is 0 Å². The van der Waals surface area contributed by atoms with Gasteiger partial charge in [-0.1, -0.05) is 0 Å². The van der Waals surface area contributed by atoms with E-state index in [4.69, 9.17) is 0 Å². The molecule has 0 radical (unpaired) electrons. The van der Waals surface area contributed by atoms with Gasteiger partial charge in [0, 0.05) is 28.5 Å². The molecular weight excluding hydrogens is 356 g/mol. The predicted molar refractivity (Wildman–Crippen MR) is 102 cm³/mol. The minimum absolute atomic E-state index is 0.00815. The second-order valence-corrected chi connectivity index (χ2v) is 8.13. The van der Waals surface area contributed by atoms with Gasteiger partial charge >= 0.3 is 6.03 Å². The summed E-state index contributed by atoms with van der Waals surface area (Å²) >= 11 is 1.67. The van der Waals surface area contributed by atoms with Crippen molar-refractivity contribution < 1.29 is 13.6 Å². The zero-order chi connectivity index (χ0) is 18.8. The number of nitrogens with zero attached hydrogens (tertiary/aromatic N) is 1. The second kappa shape index (κ2) is 7.61. The minimum atomic E-state index is -0.653. The molecule has 2 heterocycles. The molecule has 3 rings (SSSR count). The summed E-state index contributed by atoms with van der Waals surface area (Å²) in [5, 5.41) is 5.33. The van der Waals surface area contributed by atoms with E-state index >= 15 is 0 Å². The van der Waals surface area contributed by atoms with Gasteiger partial charge in [0.05, 0.1) is 6.04 Å². The Bertz CT molecular complexity index is 792. The van der Waals surface area contributed by atoms with Gasteiger partial charge in [-0.05, 0) is 57.4 Å². The van der Waals surface area contributed by atoms with Crippen LogP contribution in [0.15, 0.2) is 18.2 Å². The fourth-order valence-electron chi connectivity index (χ4n) is 3.40. The van der Waals surface area contributed by atoms with Crippen LogP contribution < -0.4 is 15.5 Å². The number of thiophene rings is 1. The van der Waals surface area contributed by atoms with Crippen molar-refractivity contribution in [3.05, 3.63) is 45.2 Å². The molecule has 1 aromatic heterocycles. The standard InChI is InChI=1S/C19H23F2N3OS/c1-11-8-15(13(3)26-11)12(2)22-19(25)23-14-9-16(20)18(17(21)10-14)24-6-4-5-7-24/h8-10,12H,4-7H2,1-3H3,(H2,22,23,25)/t12-/m1/s1. The van der Waals surface area contributed by atoms with E-state index in [0.29, 0.717) is 13.1 Å². The third-order valence-corrected chi connectivity index (χ3v) is 5.57. The molecule has 2 amide bonds. The first-order valence-electron chi connectivity index (χ1n) is 8.73. The maximum Gasteiger partial charge on any atom is 0.319 e. The highest BCUT2D eigenvalue weighted by molar-refractivity contribution is 7.12. The van der Waals surface area contributed by atoms with Crippen LogP contribution >= 0.6 is 11.3 Å². The van der Waals surface area contributed by atoms with Crippen molar-refractivity contribution in [2.24, 2.45) is 0 Å². The lowest BCUT2D eigenvalue weighted by Gasteiger charge is -2.20. The molecular formula is C19H23F2N3OS. The SMILES string of the molecule is Cc1cc([C@@H](C)NC(=O)Nc2cc(F)c(N3CCCC3)c(F)c2)c(C)s1. The van der Waals surface area contributed by atoms with Gasteiger partial charge in [0.1, 0.15) is 5.69 Å². The number of benzene rings is 1. The fraction of sp³-hybridized carbons (Fsp3) is 0.421. The molecule has 1 saturated heterocycles. The summed E-state index contributed by atoms with van der Waals surface area (Å²) in [4.78, 5) is 16.2. The number of aryl methyl sites for hydroxylation is 2. The topological polar surface area (TPSA) is 44.4 Å². The largest absolute Gasteiger partial charge is 0.367 e. The number of carbonyl (C=O) groups is 1. The van der Waals surface area contributed by atoms with Crippen molar-refractivity contribution in [1.82, 2.24) is 5.32 Å². The number of halogens is 2. The van der Waals surface area contributed by atoms with Crippen molar-refractivity contribution in [3.63, 3.8) is 0 Å². The van der Waals surface area contributed by atoms with Gasteiger partial charge in [0.25, 0.3) is 0 Å². The van der Waals surface area contributed by atoms with Crippen molar-refractivity contribution in [2.45, 2.75) is 39.7 Å². The summed E-state index contributed by atoms with van der Waals surface area (Å²) in [5.74, 6) is -1.31. The predicted octanol–water partition coefficient (Wildman–Crippen LogP) is 5.13. The summed E-state index contributed by atoms with van der Waals surface area (Å²) < 4.78 is 28.7. The Labute approximate surface area is 156 Å². The van der Waals surface area contributed by atoms with Crippen molar-refractivity contribution in [3.8, 4) is 0 Å². The normalized spacial score (nSPS) is 15.2. The molecule has 0 unspecified atom stereocenters. The Morgan fingerprint density at radius 1 is 1.15 bits per heavy atom. The van der Waals surface area contributed by atoms with Gasteiger partial charge < -0.3 is 15.5 Å². The molecule has 1 fully saturated rings. The number of nitrogens with one attached hydrogen (secondary N) is 2. The lowest BCUT2D eigenvalue weighted by Crippen LogP contribution is -2.31. The number of carbonyl (C=O) groups excluding carboxylic acids is 1. The van der Waals surface area contributed by atoms with Crippen molar-refractivity contribution in [1.29, 1.82) is 0 Å². The van der Waals surface area contributed by atoms with Crippen molar-refractivity contribution in [2.75, 3.05) is 23.3 Å². The molecule has 4 nitrogen and oxygen atoms in total. The van der Waals surface area contributed by atoms with E-state index in [1.54, 1.807) is 16.2 Å². The Morgan fingerprint density at radius 2 is 1.77 bits per heavy atom. The molecule has 2 aromatic rings. The highest BCUT2D eigenvalue weighted by Gasteiger charge is 2.22. The minimum Gasteiger partial charge on any atom is -0.367 e. The average molecular weight is 379 g/mol. The van der Waals surface area contributed by atoms with E-state index in [-0.39, 0.29) is 17.4 Å². The zero-order valence-electron chi connectivity index (χ0n) is 15.2. The van der Waals surface area contributed by atoms with Crippen LogP contribution in [0, 0.1) is 25.5 Å². The first-order chi connectivity index (χ1) is 12.3. The van der Waals surface area contributed by atoms with Crippen LogP contribution in [0.5, 0.6) is 0 Å². The molecule has 7 heteroatoms. The highest BCUT2D eigenvalue weighted by atomic mass is 32.1. The Kier molecular flexibility index (Phi) is 5.46. The number of urea groups is 1. The molecule has 1 atom stereocenters. The maximum atomic E-state index is 14.3. The van der Waals surface area contributed by atoms with Crippen LogP contribution in [0.2, 0.25) is 0 Å². The van der Waals surface area contributed by atoms with E-state index in [0.717, 1.165) is 23.3 Å². The van der Waals surface area contributed by atoms with E-state index in [1.165, 1.54) is 17.0 Å². The van der Waals surface area contributed by atoms with Crippen LogP contribution in [0.1, 0.15) is 41.1 Å². The van der Waals surface area contributed by atoms with Gasteiger partial charge in [-0.25, -0.2) is 13.6 Å². The van der Waals surface area contributed by atoms with Gasteiger partial charge in [-0.15, -0.1) is 11.3 Å². The summed E-state index contributed by atoms with van der Waals surface area (Å²) in [5.41, 5.74) is 1.14. The summed E-state index contributed by atoms with van der Waals surface area (Å²) in [7, 11) is 0. The quantitative estimate of drug-likeness (QED) is 0.774. The van der Waals surface area contributed by atoms with Crippen LogP contribution in [0.3, 0.4) is 0 Å². The van der Waals surface area contributed by atoms with E-state index in [9.17, 15) is 13.6 Å². The van der Waals surface area contributed by atoms with Crippen LogP contribution in [0.4, 0.5) is 25.0 Å². The molecule has 2 N–H and O–H groups in total. The zero-order valence-corrected chi connectivity index (χ0v) is 16.0. The smallest absolute Gasteiger partial charge is 0.319 e. The van der Waals surface area contributed by atoms with Crippen LogP contribution in [0.25, 0.3) is 0 Å². The lowest BCUT2D eigenvalue weighted by atomic mass is 10.1. The molecule has 0 aliphatic carbocycles. The van der Waals surface area contributed by atoms with Crippen molar-refractivity contribution >= 4 is 28.7 Å². The summed E-state index contributed by atoms with van der Waals surface area (Å²) in [6.45, 7) is 7.20. The van der Waals surface area contributed by atoms with E-state index in [2.05, 4.69) is 10.6 Å². The molecule has 1 aliphatic heterocycles. The number of hydrogen-bond donors (Lipinski definition) is 2. The van der Waals surface area contributed by atoms with Gasteiger partial charge in [0.2, 0.25) is 0 Å². The summed E-state index contributed by atoms with van der Waals surface area (Å²) in [6.07, 6.45) is 1.86. The highest BCUT2D eigenvalue weighted by Crippen LogP contribution is 2.30. The molecule has 140 valence electrons. The monoisotopic (exact) mass is 379 g/mol. The lowest BCUT2D eigenvalue weighted by molar-refractivity contribution is 0.249. The molecule has 0 saturated carbocycles. The number of amides is 2.